The molecule has 0 aliphatic heterocycles. The summed E-state index contributed by atoms with van der Waals surface area (Å²) in [6, 6.07) is 0. The molecule has 0 heterocycles. The molecule has 16 aliphatic carbocycles. The minimum Gasteiger partial charge on any atom is -0.0885 e. The number of hydrogen-bond acceptors (Lipinski definition) is 0. The molecule has 0 atom stereocenters. The highest BCUT2D eigenvalue weighted by Crippen LogP contribution is 2.52. The lowest BCUT2D eigenvalue weighted by molar-refractivity contribution is 0.119. The summed E-state index contributed by atoms with van der Waals surface area (Å²) in [6.07, 6.45) is 120. The van der Waals surface area contributed by atoms with E-state index in [4.69, 9.17) is 0 Å². The van der Waals surface area contributed by atoms with Gasteiger partial charge in [-0.05, 0) is 281 Å². The van der Waals surface area contributed by atoms with Gasteiger partial charge in [-0.3, -0.25) is 0 Å². The Bertz CT molecular complexity index is 1960. The normalized spacial score (nSPS) is 29.1. The summed E-state index contributed by atoms with van der Waals surface area (Å²) in [5.41, 5.74) is 5.92. The molecule has 8 spiro atoms. The first-order valence-electron chi connectivity index (χ1n) is 34.5. The van der Waals surface area contributed by atoms with E-state index in [1.54, 1.807) is 0 Å². The minimum atomic E-state index is 0.606. The van der Waals surface area contributed by atoms with Crippen LogP contribution in [0.5, 0.6) is 0 Å². The molecule has 16 aliphatic rings. The van der Waals surface area contributed by atoms with Crippen molar-refractivity contribution in [2.45, 2.75) is 308 Å². The van der Waals surface area contributed by atoms with Crippen molar-refractivity contribution in [3.63, 3.8) is 0 Å². The van der Waals surface area contributed by atoms with Gasteiger partial charge in [0.2, 0.25) is 0 Å². The fraction of sp³-hybridized carbons (Fsp3) is 0.718. The van der Waals surface area contributed by atoms with E-state index >= 15 is 0 Å². The van der Waals surface area contributed by atoms with E-state index < -0.39 is 0 Å². The Balaban J connectivity index is 0.000000109. The van der Waals surface area contributed by atoms with E-state index in [2.05, 4.69) is 134 Å². The van der Waals surface area contributed by atoms with Crippen LogP contribution < -0.4 is 0 Å². The Hall–Kier alpha value is -2.86. The van der Waals surface area contributed by atoms with Crippen LogP contribution in [-0.2, 0) is 0 Å². The van der Waals surface area contributed by atoms with Gasteiger partial charge in [-0.2, -0.15) is 0 Å². The standard InChI is InChI=1S/2C11H18.C11H16.C10H14.C9H14.C9H12.C9H14.C8H12/c1-3-7-11(8-4-1)9-5-2-6-10-11;2*1-2-4-8-11(7-3-1)9-5-6-10-11;1-2-6-10(7-3-1)8-4-5-9-10;2*1-2-6-9(5-1)7-3-4-8-9;1-2-5-9(6-3-1)7-4-8-9;1-2-5-8(4-1)6-3-7-8/h1,3H,2,4-10H2;1-2H,3-10H2;1-2,5-6H,3-4,7-10H2;1-3,6H,4-5,7-9H2;1-2H,3-8H2;1-4H,5-8H2;1-2H,3-8H2;1-2H,3-7H2. The average Bonchev–Trinajstić information content (AvgIpc) is 4.33. The van der Waals surface area contributed by atoms with Crippen molar-refractivity contribution in [2.24, 2.45) is 43.3 Å². The van der Waals surface area contributed by atoms with Gasteiger partial charge in [0, 0.05) is 0 Å². The molecule has 0 radical (unpaired) electrons. The summed E-state index contributed by atoms with van der Waals surface area (Å²) in [5, 5.41) is 0. The third-order valence-electron chi connectivity index (χ3n) is 24.1. The molecule has 0 aromatic rings. The lowest BCUT2D eigenvalue weighted by Crippen LogP contribution is -2.29. The van der Waals surface area contributed by atoms with Gasteiger partial charge < -0.3 is 0 Å². The monoisotopic (exact) mass is 1050 g/mol. The number of allylic oxidation sites excluding steroid dienone is 22. The van der Waals surface area contributed by atoms with E-state index in [0.717, 1.165) is 27.1 Å². The maximum atomic E-state index is 2.42. The van der Waals surface area contributed by atoms with Crippen molar-refractivity contribution in [3.05, 3.63) is 134 Å². The highest BCUT2D eigenvalue weighted by Gasteiger charge is 2.39. The Morgan fingerprint density at radius 1 is 0.154 bits per heavy atom. The molecular formula is C78H118. The van der Waals surface area contributed by atoms with Crippen LogP contribution in [0.1, 0.15) is 308 Å². The first-order chi connectivity index (χ1) is 38.3. The molecule has 430 valence electrons. The lowest BCUT2D eigenvalue weighted by Gasteiger charge is -2.43. The zero-order valence-electron chi connectivity index (χ0n) is 50.6. The first-order valence-corrected chi connectivity index (χ1v) is 34.5. The van der Waals surface area contributed by atoms with Gasteiger partial charge in [-0.25, -0.2) is 0 Å². The predicted molar refractivity (Wildman–Crippen MR) is 342 cm³/mol. The van der Waals surface area contributed by atoms with Crippen LogP contribution in [-0.4, -0.2) is 0 Å². The number of hydrogen-bond donors (Lipinski definition) is 0. The highest BCUT2D eigenvalue weighted by atomic mass is 14.4. The highest BCUT2D eigenvalue weighted by molar-refractivity contribution is 5.18. The van der Waals surface area contributed by atoms with Crippen LogP contribution in [0.4, 0.5) is 0 Å². The molecule has 0 heteroatoms. The smallest absolute Gasteiger partial charge is 0.00805 e. The molecular weight excluding hydrogens is 937 g/mol. The van der Waals surface area contributed by atoms with Crippen molar-refractivity contribution in [3.8, 4) is 0 Å². The molecule has 6 saturated carbocycles. The molecule has 0 aromatic carbocycles. The maximum Gasteiger partial charge on any atom is -0.00805 e. The summed E-state index contributed by atoms with van der Waals surface area (Å²) in [7, 11) is 0. The Labute approximate surface area is 482 Å². The topological polar surface area (TPSA) is 0 Å². The van der Waals surface area contributed by atoms with Crippen molar-refractivity contribution in [2.75, 3.05) is 0 Å². The SMILES string of the molecule is C1=CCC2(C1)CC=CC2.C1=CCC2(C1)CCC2.C1=CCC2(C1)CCCC2.C1=CCC2(C=C1)CCCC2.C1=CCC2(CC1)CCC2.C1=CCC2(CC1)CCCCC2.C1=CCCC2(CC1)CCCC2.C1=CCCC2(CC=CC2)CC1. The third kappa shape index (κ3) is 17.6. The van der Waals surface area contributed by atoms with Gasteiger partial charge in [-0.15, -0.1) is 0 Å². The molecule has 0 nitrogen and oxygen atoms in total. The third-order valence-corrected chi connectivity index (χ3v) is 24.1. The summed E-state index contributed by atoms with van der Waals surface area (Å²) in [6.45, 7) is 0. The average molecular weight is 1060 g/mol. The second-order valence-corrected chi connectivity index (χ2v) is 29.7. The van der Waals surface area contributed by atoms with E-state index in [1.165, 1.54) is 308 Å². The van der Waals surface area contributed by atoms with Crippen molar-refractivity contribution in [1.29, 1.82) is 0 Å². The molecule has 0 bridgehead atoms. The van der Waals surface area contributed by atoms with Crippen LogP contribution in [0.25, 0.3) is 0 Å². The fourth-order valence-electron chi connectivity index (χ4n) is 17.9. The van der Waals surface area contributed by atoms with Crippen molar-refractivity contribution < 1.29 is 0 Å². The molecule has 0 unspecified atom stereocenters. The van der Waals surface area contributed by atoms with Crippen molar-refractivity contribution in [1.82, 2.24) is 0 Å². The van der Waals surface area contributed by atoms with Crippen LogP contribution in [0.3, 0.4) is 0 Å². The van der Waals surface area contributed by atoms with Gasteiger partial charge >= 0.3 is 0 Å². The Morgan fingerprint density at radius 2 is 0.410 bits per heavy atom. The van der Waals surface area contributed by atoms with Crippen LogP contribution in [0.2, 0.25) is 0 Å². The Kier molecular flexibility index (Phi) is 22.9. The maximum absolute atomic E-state index is 2.42. The molecule has 16 rings (SSSR count). The van der Waals surface area contributed by atoms with Crippen molar-refractivity contribution >= 4 is 0 Å². The van der Waals surface area contributed by atoms with Gasteiger partial charge in [0.15, 0.2) is 0 Å². The summed E-state index contributed by atoms with van der Waals surface area (Å²) in [4.78, 5) is 0. The predicted octanol–water partition coefficient (Wildman–Crippen LogP) is 24.8. The second-order valence-electron chi connectivity index (χ2n) is 29.7. The summed E-state index contributed by atoms with van der Waals surface area (Å²) < 4.78 is 0. The van der Waals surface area contributed by atoms with E-state index in [-0.39, 0.29) is 0 Å². The van der Waals surface area contributed by atoms with Gasteiger partial charge in [0.1, 0.15) is 0 Å². The van der Waals surface area contributed by atoms with Gasteiger partial charge in [0.05, 0.1) is 0 Å². The van der Waals surface area contributed by atoms with E-state index in [0.29, 0.717) is 16.2 Å². The van der Waals surface area contributed by atoms with E-state index in [1.807, 2.05) is 0 Å². The summed E-state index contributed by atoms with van der Waals surface area (Å²) >= 11 is 0. The van der Waals surface area contributed by atoms with Crippen LogP contribution in [0, 0.1) is 43.3 Å². The minimum absolute atomic E-state index is 0.606. The van der Waals surface area contributed by atoms with Gasteiger partial charge in [-0.1, -0.05) is 204 Å². The zero-order valence-corrected chi connectivity index (χ0v) is 50.6. The molecule has 0 saturated heterocycles. The zero-order chi connectivity index (χ0) is 53.5. The quantitative estimate of drug-likeness (QED) is 0.212. The molecule has 6 fully saturated rings. The van der Waals surface area contributed by atoms with E-state index in [9.17, 15) is 0 Å². The fourth-order valence-corrected chi connectivity index (χ4v) is 17.9. The largest absolute Gasteiger partial charge is 0.0885 e. The molecule has 78 heavy (non-hydrogen) atoms. The Morgan fingerprint density at radius 3 is 0.756 bits per heavy atom. The second kappa shape index (κ2) is 29.9. The molecule has 0 aromatic heterocycles. The summed E-state index contributed by atoms with van der Waals surface area (Å²) in [5.74, 6) is 0. The number of rotatable bonds is 0. The lowest BCUT2D eigenvalue weighted by atomic mass is 9.62. The van der Waals surface area contributed by atoms with Crippen LogP contribution in [0.15, 0.2) is 134 Å². The van der Waals surface area contributed by atoms with Gasteiger partial charge in [0.25, 0.3) is 0 Å². The first kappa shape index (κ1) is 59.8. The van der Waals surface area contributed by atoms with Crippen LogP contribution >= 0.6 is 0 Å². The molecule has 0 N–H and O–H groups in total. The molecule has 0 amide bonds.